The molecule has 2 aliphatic rings. The summed E-state index contributed by atoms with van der Waals surface area (Å²) in [7, 11) is 0.221. The topological polar surface area (TPSA) is 121 Å². The zero-order valence-corrected chi connectivity index (χ0v) is 22.3. The maximum Gasteiger partial charge on any atom is 0.264 e. The van der Waals surface area contributed by atoms with Gasteiger partial charge < -0.3 is 24.8 Å². The summed E-state index contributed by atoms with van der Waals surface area (Å²) >= 11 is 0. The number of pyridine rings is 1. The number of likely N-dealkylation sites (tertiary alicyclic amines) is 1. The second-order valence-corrected chi connectivity index (χ2v) is 12.4. The first-order valence-electron chi connectivity index (χ1n) is 12.7. The number of aryl methyl sites for hydroxylation is 1. The predicted octanol–water partition coefficient (Wildman–Crippen LogP) is 1.72. The maximum absolute atomic E-state index is 13.1. The van der Waals surface area contributed by atoms with Gasteiger partial charge >= 0.3 is 0 Å². The number of benzene rings is 1. The number of nitrogens with zero attached hydrogens (tertiary/aromatic N) is 5. The molecule has 0 bridgehead atoms. The number of aliphatic hydroxyl groups is 1. The van der Waals surface area contributed by atoms with E-state index in [0.29, 0.717) is 46.8 Å². The van der Waals surface area contributed by atoms with Gasteiger partial charge in [0.15, 0.2) is 9.84 Å². The molecule has 2 saturated heterocycles. The summed E-state index contributed by atoms with van der Waals surface area (Å²) < 4.78 is 27.1. The Bertz CT molecular complexity index is 1480. The second-order valence-electron chi connectivity index (χ2n) is 10.4. The molecule has 3 aromatic rings. The molecule has 198 valence electrons. The van der Waals surface area contributed by atoms with Gasteiger partial charge in [-0.1, -0.05) is 6.07 Å². The van der Waals surface area contributed by atoms with Crippen LogP contribution in [0, 0.1) is 5.92 Å². The van der Waals surface area contributed by atoms with Crippen molar-refractivity contribution in [2.24, 2.45) is 13.0 Å². The Morgan fingerprint density at radius 2 is 1.86 bits per heavy atom. The van der Waals surface area contributed by atoms with Crippen molar-refractivity contribution in [3.8, 4) is 11.3 Å². The van der Waals surface area contributed by atoms with Crippen molar-refractivity contribution < 1.29 is 13.5 Å². The Hall–Kier alpha value is -3.02. The van der Waals surface area contributed by atoms with Gasteiger partial charge in [0.2, 0.25) is 0 Å². The highest BCUT2D eigenvalue weighted by molar-refractivity contribution is 7.90. The van der Waals surface area contributed by atoms with E-state index in [4.69, 9.17) is 4.98 Å². The van der Waals surface area contributed by atoms with Crippen LogP contribution in [0.1, 0.15) is 19.3 Å². The summed E-state index contributed by atoms with van der Waals surface area (Å²) in [6, 6.07) is 7.29. The highest BCUT2D eigenvalue weighted by Gasteiger charge is 2.27. The van der Waals surface area contributed by atoms with Crippen molar-refractivity contribution in [1.29, 1.82) is 0 Å². The first kappa shape index (κ1) is 25.6. The summed E-state index contributed by atoms with van der Waals surface area (Å²) in [4.78, 5) is 26.9. The lowest BCUT2D eigenvalue weighted by molar-refractivity contribution is 0.238. The van der Waals surface area contributed by atoms with Crippen molar-refractivity contribution in [2.45, 2.75) is 30.2 Å². The molecule has 0 radical (unpaired) electrons. The third-order valence-corrected chi connectivity index (χ3v) is 8.62. The summed E-state index contributed by atoms with van der Waals surface area (Å²) in [6.45, 7) is 3.27. The van der Waals surface area contributed by atoms with Crippen molar-refractivity contribution >= 4 is 32.2 Å². The van der Waals surface area contributed by atoms with Crippen LogP contribution in [0.15, 0.2) is 40.3 Å². The van der Waals surface area contributed by atoms with Crippen molar-refractivity contribution in [2.75, 3.05) is 56.3 Å². The standard InChI is InChI=1S/C26H34N6O4S/c1-30-9-7-19(8-10-30)28-20-5-4-18(12-23(20)37(3,35)36)21-13-22-24(26(34)31(2)16-27-22)25(29-21)32-11-6-17(14-32)15-33/h4-5,12-13,16-17,19,28,33H,6-11,14-15H2,1-3H3/t17-/m0/s1. The molecule has 2 N–H and O–H groups in total. The largest absolute Gasteiger partial charge is 0.396 e. The average molecular weight is 527 g/mol. The first-order chi connectivity index (χ1) is 17.6. The van der Waals surface area contributed by atoms with E-state index in [2.05, 4.69) is 22.2 Å². The van der Waals surface area contributed by atoms with Gasteiger partial charge in [-0.05, 0) is 57.6 Å². The molecule has 0 aliphatic carbocycles. The molecule has 0 unspecified atom stereocenters. The molecule has 2 fully saturated rings. The number of rotatable bonds is 6. The minimum atomic E-state index is -3.52. The number of nitrogens with one attached hydrogen (secondary N) is 1. The predicted molar refractivity (Wildman–Crippen MR) is 145 cm³/mol. The van der Waals surface area contributed by atoms with E-state index in [0.717, 1.165) is 32.4 Å². The highest BCUT2D eigenvalue weighted by Crippen LogP contribution is 2.33. The number of hydrogen-bond acceptors (Lipinski definition) is 9. The number of fused-ring (bicyclic) bond motifs is 1. The molecular weight excluding hydrogens is 492 g/mol. The van der Waals surface area contributed by atoms with E-state index < -0.39 is 9.84 Å². The number of piperidine rings is 1. The molecule has 0 spiro atoms. The van der Waals surface area contributed by atoms with Crippen LogP contribution in [-0.2, 0) is 16.9 Å². The van der Waals surface area contributed by atoms with E-state index in [9.17, 15) is 18.3 Å². The van der Waals surface area contributed by atoms with E-state index in [1.807, 2.05) is 17.0 Å². The van der Waals surface area contributed by atoms with Crippen LogP contribution in [0.25, 0.3) is 22.2 Å². The third-order valence-electron chi connectivity index (χ3n) is 7.48. The van der Waals surface area contributed by atoms with Gasteiger partial charge in [-0.15, -0.1) is 0 Å². The van der Waals surface area contributed by atoms with Crippen molar-refractivity contribution in [3.05, 3.63) is 40.9 Å². The van der Waals surface area contributed by atoms with Crippen LogP contribution in [0.2, 0.25) is 0 Å². The fourth-order valence-electron chi connectivity index (χ4n) is 5.23. The minimum Gasteiger partial charge on any atom is -0.396 e. The average Bonchev–Trinajstić information content (AvgIpc) is 3.36. The first-order valence-corrected chi connectivity index (χ1v) is 14.5. The zero-order valence-electron chi connectivity index (χ0n) is 21.5. The van der Waals surface area contributed by atoms with Crippen LogP contribution >= 0.6 is 0 Å². The molecule has 10 nitrogen and oxygen atoms in total. The number of sulfone groups is 1. The quantitative estimate of drug-likeness (QED) is 0.495. The lowest BCUT2D eigenvalue weighted by Gasteiger charge is -2.30. The molecule has 0 saturated carbocycles. The van der Waals surface area contributed by atoms with E-state index in [1.54, 1.807) is 19.2 Å². The van der Waals surface area contributed by atoms with Crippen LogP contribution < -0.4 is 15.8 Å². The van der Waals surface area contributed by atoms with Crippen LogP contribution in [0.3, 0.4) is 0 Å². The smallest absolute Gasteiger partial charge is 0.264 e. The molecule has 1 aromatic carbocycles. The molecule has 2 aromatic heterocycles. The van der Waals surface area contributed by atoms with Gasteiger partial charge in [0.1, 0.15) is 11.2 Å². The molecular formula is C26H34N6O4S. The fourth-order valence-corrected chi connectivity index (χ4v) is 6.10. The van der Waals surface area contributed by atoms with Crippen molar-refractivity contribution in [3.63, 3.8) is 0 Å². The Kier molecular flexibility index (Phi) is 6.95. The molecule has 37 heavy (non-hydrogen) atoms. The van der Waals surface area contributed by atoms with Gasteiger partial charge in [-0.25, -0.2) is 18.4 Å². The normalized spacial score (nSPS) is 19.6. The fraction of sp³-hybridized carbons (Fsp3) is 0.500. The summed E-state index contributed by atoms with van der Waals surface area (Å²) in [5, 5.41) is 13.5. The maximum atomic E-state index is 13.1. The summed E-state index contributed by atoms with van der Waals surface area (Å²) in [5.41, 5.74) is 2.09. The molecule has 4 heterocycles. The second kappa shape index (κ2) is 10.0. The van der Waals surface area contributed by atoms with Gasteiger partial charge in [0.25, 0.3) is 5.56 Å². The number of anilines is 2. The lowest BCUT2D eigenvalue weighted by atomic mass is 10.0. The van der Waals surface area contributed by atoms with Crippen LogP contribution in [-0.4, -0.2) is 85.1 Å². The summed E-state index contributed by atoms with van der Waals surface area (Å²) in [5.74, 6) is 0.634. The molecule has 2 aliphatic heterocycles. The van der Waals surface area contributed by atoms with Gasteiger partial charge in [0.05, 0.1) is 28.1 Å². The molecule has 0 amide bonds. The Labute approximate surface area is 216 Å². The number of hydrogen-bond donors (Lipinski definition) is 2. The van der Waals surface area contributed by atoms with Crippen LogP contribution in [0.4, 0.5) is 11.5 Å². The third kappa shape index (κ3) is 5.21. The van der Waals surface area contributed by atoms with Gasteiger partial charge in [-0.3, -0.25) is 4.79 Å². The van der Waals surface area contributed by atoms with Crippen LogP contribution in [0.5, 0.6) is 0 Å². The Morgan fingerprint density at radius 3 is 2.54 bits per heavy atom. The van der Waals surface area contributed by atoms with E-state index >= 15 is 0 Å². The Morgan fingerprint density at radius 1 is 1.11 bits per heavy atom. The lowest BCUT2D eigenvalue weighted by Crippen LogP contribution is -2.36. The Balaban J connectivity index is 1.59. The molecule has 1 atom stereocenters. The zero-order chi connectivity index (χ0) is 26.3. The molecule has 5 rings (SSSR count). The van der Waals surface area contributed by atoms with Gasteiger partial charge in [0, 0.05) is 50.5 Å². The van der Waals surface area contributed by atoms with E-state index in [-0.39, 0.29) is 29.0 Å². The SMILES string of the molecule is CN1CCC(Nc2ccc(-c3cc4ncn(C)c(=O)c4c(N4CC[C@H](CO)C4)n3)cc2S(C)(=O)=O)CC1. The highest BCUT2D eigenvalue weighted by atomic mass is 32.2. The number of aliphatic hydroxyl groups excluding tert-OH is 1. The minimum absolute atomic E-state index is 0.0772. The van der Waals surface area contributed by atoms with E-state index in [1.165, 1.54) is 17.2 Å². The van der Waals surface area contributed by atoms with Crippen molar-refractivity contribution in [1.82, 2.24) is 19.4 Å². The molecule has 11 heteroatoms. The van der Waals surface area contributed by atoms with Gasteiger partial charge in [-0.2, -0.15) is 0 Å². The summed E-state index contributed by atoms with van der Waals surface area (Å²) in [6.07, 6.45) is 5.40. The monoisotopic (exact) mass is 526 g/mol. The number of aromatic nitrogens is 3.